The van der Waals surface area contributed by atoms with Gasteiger partial charge in [0.15, 0.2) is 5.82 Å². The first kappa shape index (κ1) is 29.4. The molecule has 1 unspecified atom stereocenters. The van der Waals surface area contributed by atoms with Crippen LogP contribution in [0.5, 0.6) is 0 Å². The molecule has 2 aromatic carbocycles. The largest absolute Gasteiger partial charge is 0.351 e. The number of primary amides is 1. The number of allylic oxidation sites excluding steroid dienone is 1. The van der Waals surface area contributed by atoms with Crippen molar-refractivity contribution >= 4 is 62.3 Å². The van der Waals surface area contributed by atoms with Gasteiger partial charge in [0.1, 0.15) is 5.82 Å². The van der Waals surface area contributed by atoms with E-state index < -0.39 is 17.7 Å². The predicted molar refractivity (Wildman–Crippen MR) is 159 cm³/mol. The van der Waals surface area contributed by atoms with Crippen LogP contribution in [0.4, 0.5) is 25.0 Å². The molecule has 0 spiro atoms. The standard InChI is InChI=1S/C29H27BrClF2N5O2/c1-15(30)28-20-9-8-18(37-29(34)40)13-24(20)38-25(39)6-4-3-5-19(16(2)36-28)23-12-7-17(14-35-23)26-22(32)11-10-21(31)27(26)33/h7-14,19H,3-6H2,1-2H3,(H,38,39)(H3,34,37,40)/b28-15+,36-16+. The van der Waals surface area contributed by atoms with E-state index in [1.54, 1.807) is 30.3 Å². The molecule has 0 bridgehead atoms. The Kier molecular flexibility index (Phi) is 9.32. The lowest BCUT2D eigenvalue weighted by Crippen LogP contribution is -2.20. The van der Waals surface area contributed by atoms with Gasteiger partial charge in [0.25, 0.3) is 0 Å². The fourth-order valence-corrected chi connectivity index (χ4v) is 5.08. The number of amides is 3. The van der Waals surface area contributed by atoms with Gasteiger partial charge in [0.2, 0.25) is 5.91 Å². The Morgan fingerprint density at radius 2 is 1.95 bits per heavy atom. The molecule has 1 aromatic heterocycles. The van der Waals surface area contributed by atoms with Gasteiger partial charge < -0.3 is 16.4 Å². The molecule has 4 N–H and O–H groups in total. The smallest absolute Gasteiger partial charge is 0.316 e. The molecule has 1 aliphatic rings. The van der Waals surface area contributed by atoms with Crippen molar-refractivity contribution in [1.29, 1.82) is 0 Å². The molecule has 3 aromatic rings. The topological polar surface area (TPSA) is 109 Å². The van der Waals surface area contributed by atoms with E-state index in [-0.39, 0.29) is 28.0 Å². The lowest BCUT2D eigenvalue weighted by molar-refractivity contribution is -0.116. The van der Waals surface area contributed by atoms with Crippen LogP contribution in [0.15, 0.2) is 58.1 Å². The molecule has 40 heavy (non-hydrogen) atoms. The van der Waals surface area contributed by atoms with Crippen LogP contribution in [0.1, 0.15) is 56.7 Å². The molecule has 4 rings (SSSR count). The zero-order valence-corrected chi connectivity index (χ0v) is 24.2. The first-order valence-electron chi connectivity index (χ1n) is 12.6. The van der Waals surface area contributed by atoms with Crippen LogP contribution in [0.2, 0.25) is 5.02 Å². The number of hydrogen-bond donors (Lipinski definition) is 3. The number of fused-ring (bicyclic) bond motifs is 1. The van der Waals surface area contributed by atoms with E-state index in [9.17, 15) is 18.4 Å². The molecular weight excluding hydrogens is 604 g/mol. The van der Waals surface area contributed by atoms with Gasteiger partial charge in [0.05, 0.1) is 22.0 Å². The summed E-state index contributed by atoms with van der Waals surface area (Å²) < 4.78 is 29.7. The van der Waals surface area contributed by atoms with E-state index >= 15 is 0 Å². The second-order valence-electron chi connectivity index (χ2n) is 9.42. The minimum atomic E-state index is -0.839. The molecule has 2 heterocycles. The molecule has 0 fully saturated rings. The number of aromatic nitrogens is 1. The Morgan fingerprint density at radius 3 is 2.62 bits per heavy atom. The zero-order chi connectivity index (χ0) is 29.0. The molecule has 0 radical (unpaired) electrons. The third-order valence-electron chi connectivity index (χ3n) is 6.56. The van der Waals surface area contributed by atoms with Crippen molar-refractivity contribution in [2.24, 2.45) is 10.7 Å². The number of benzene rings is 2. The summed E-state index contributed by atoms with van der Waals surface area (Å²) in [5.41, 5.74) is 8.90. The van der Waals surface area contributed by atoms with Gasteiger partial charge >= 0.3 is 6.03 Å². The highest BCUT2D eigenvalue weighted by molar-refractivity contribution is 9.11. The number of carbonyl (C=O) groups is 2. The van der Waals surface area contributed by atoms with E-state index in [1.165, 1.54) is 12.3 Å². The third-order valence-corrected chi connectivity index (χ3v) is 7.23. The molecule has 11 heteroatoms. The maximum absolute atomic E-state index is 14.6. The molecular formula is C29H27BrClF2N5O2. The Hall–Kier alpha value is -3.63. The maximum Gasteiger partial charge on any atom is 0.316 e. The summed E-state index contributed by atoms with van der Waals surface area (Å²) in [7, 11) is 0. The SMILES string of the molecule is C/C1=N\C(=C(/C)Br)c2ccc(NC(N)=O)cc2NC(=O)CCCCC1c1ccc(-c2c(F)ccc(Cl)c2F)cn1. The molecule has 7 nitrogen and oxygen atoms in total. The number of pyridine rings is 1. The first-order valence-corrected chi connectivity index (χ1v) is 13.7. The Labute approximate surface area is 244 Å². The van der Waals surface area contributed by atoms with Crippen molar-refractivity contribution in [1.82, 2.24) is 4.98 Å². The lowest BCUT2D eigenvalue weighted by Gasteiger charge is -2.20. The van der Waals surface area contributed by atoms with E-state index in [0.717, 1.165) is 16.3 Å². The van der Waals surface area contributed by atoms with Crippen molar-refractivity contribution in [3.63, 3.8) is 0 Å². The normalized spacial score (nSPS) is 18.8. The molecule has 208 valence electrons. The summed E-state index contributed by atoms with van der Waals surface area (Å²) in [6.07, 6.45) is 3.73. The number of aliphatic imine (C=N–C) groups is 1. The fraction of sp³-hybridized carbons (Fsp3) is 0.241. The average molecular weight is 631 g/mol. The molecule has 1 atom stereocenters. The van der Waals surface area contributed by atoms with Crippen LogP contribution in [0, 0.1) is 11.6 Å². The van der Waals surface area contributed by atoms with E-state index in [2.05, 4.69) is 31.5 Å². The van der Waals surface area contributed by atoms with Crippen molar-refractivity contribution < 1.29 is 18.4 Å². The number of halogens is 4. The van der Waals surface area contributed by atoms with Crippen molar-refractivity contribution in [2.45, 2.75) is 45.4 Å². The summed E-state index contributed by atoms with van der Waals surface area (Å²) in [4.78, 5) is 33.7. The van der Waals surface area contributed by atoms with Gasteiger partial charge in [0, 0.05) is 51.2 Å². The number of hydrogen-bond acceptors (Lipinski definition) is 4. The highest BCUT2D eigenvalue weighted by atomic mass is 79.9. The molecule has 1 aliphatic heterocycles. The number of nitrogens with one attached hydrogen (secondary N) is 2. The van der Waals surface area contributed by atoms with Gasteiger partial charge in [-0.2, -0.15) is 0 Å². The van der Waals surface area contributed by atoms with Gasteiger partial charge in [-0.05, 0) is 63.1 Å². The second kappa shape index (κ2) is 12.7. The Bertz CT molecular complexity index is 1520. The number of nitrogens with two attached hydrogens (primary N) is 1. The minimum absolute atomic E-state index is 0.171. The molecule has 0 aliphatic carbocycles. The summed E-state index contributed by atoms with van der Waals surface area (Å²) in [5, 5.41) is 5.28. The fourth-order valence-electron chi connectivity index (χ4n) is 4.62. The van der Waals surface area contributed by atoms with Crippen LogP contribution < -0.4 is 16.4 Å². The number of carbonyl (C=O) groups excluding carboxylic acids is 2. The Morgan fingerprint density at radius 1 is 1.18 bits per heavy atom. The number of anilines is 2. The highest BCUT2D eigenvalue weighted by Gasteiger charge is 2.22. The summed E-state index contributed by atoms with van der Waals surface area (Å²) in [5.74, 6) is -1.95. The monoisotopic (exact) mass is 629 g/mol. The molecule has 3 amide bonds. The van der Waals surface area contributed by atoms with Gasteiger partial charge in [-0.25, -0.2) is 13.6 Å². The quantitative estimate of drug-likeness (QED) is 0.255. The van der Waals surface area contributed by atoms with Crippen LogP contribution >= 0.6 is 27.5 Å². The lowest BCUT2D eigenvalue weighted by atomic mass is 9.91. The number of urea groups is 1. The minimum Gasteiger partial charge on any atom is -0.351 e. The number of rotatable bonds is 3. The first-order chi connectivity index (χ1) is 19.0. The van der Waals surface area contributed by atoms with E-state index in [0.29, 0.717) is 54.0 Å². The van der Waals surface area contributed by atoms with Gasteiger partial charge in [-0.3, -0.25) is 14.8 Å². The molecule has 0 saturated carbocycles. The van der Waals surface area contributed by atoms with Crippen molar-refractivity contribution in [3.05, 3.63) is 81.1 Å². The highest BCUT2D eigenvalue weighted by Crippen LogP contribution is 2.36. The molecule has 0 saturated heterocycles. The van der Waals surface area contributed by atoms with Crippen LogP contribution in [-0.4, -0.2) is 22.6 Å². The summed E-state index contributed by atoms with van der Waals surface area (Å²) in [6.45, 7) is 3.74. The predicted octanol–water partition coefficient (Wildman–Crippen LogP) is 8.01. The van der Waals surface area contributed by atoms with E-state index in [4.69, 9.17) is 22.3 Å². The van der Waals surface area contributed by atoms with E-state index in [1.807, 2.05) is 13.8 Å². The van der Waals surface area contributed by atoms with Crippen LogP contribution in [0.25, 0.3) is 16.8 Å². The maximum atomic E-state index is 14.6. The third kappa shape index (κ3) is 6.74. The van der Waals surface area contributed by atoms with Crippen LogP contribution in [0.3, 0.4) is 0 Å². The number of nitrogens with zero attached hydrogens (tertiary/aromatic N) is 2. The second-order valence-corrected chi connectivity index (χ2v) is 11.0. The van der Waals surface area contributed by atoms with Crippen molar-refractivity contribution in [3.8, 4) is 11.1 Å². The van der Waals surface area contributed by atoms with Gasteiger partial charge in [-0.15, -0.1) is 0 Å². The summed E-state index contributed by atoms with van der Waals surface area (Å²) >= 11 is 9.42. The van der Waals surface area contributed by atoms with Gasteiger partial charge in [-0.1, -0.05) is 40.0 Å². The van der Waals surface area contributed by atoms with Crippen molar-refractivity contribution in [2.75, 3.05) is 10.6 Å². The van der Waals surface area contributed by atoms with Crippen LogP contribution in [-0.2, 0) is 4.79 Å². The summed E-state index contributed by atoms with van der Waals surface area (Å²) in [6, 6.07) is 9.99. The Balaban J connectivity index is 1.76. The average Bonchev–Trinajstić information content (AvgIpc) is 2.89. The zero-order valence-electron chi connectivity index (χ0n) is 21.8.